The number of carboxylic acids is 1. The van der Waals surface area contributed by atoms with Gasteiger partial charge in [0, 0.05) is 116 Å². The summed E-state index contributed by atoms with van der Waals surface area (Å²) in [6.45, 7) is 12.1. The average Bonchev–Trinajstić information content (AvgIpc) is 4.27. The topological polar surface area (TPSA) is 273 Å². The molecule has 5 bridgehead atoms. The van der Waals surface area contributed by atoms with Gasteiger partial charge in [-0.3, -0.25) is 24.0 Å². The van der Waals surface area contributed by atoms with Gasteiger partial charge in [-0.2, -0.15) is 0 Å². The van der Waals surface area contributed by atoms with Gasteiger partial charge in [0.1, 0.15) is 40.4 Å². The van der Waals surface area contributed by atoms with E-state index in [-0.39, 0.29) is 97.7 Å². The molecule has 1 aromatic heterocycles. The van der Waals surface area contributed by atoms with Gasteiger partial charge in [-0.25, -0.2) is 14.0 Å². The number of aromatic hydroxyl groups is 1. The van der Waals surface area contributed by atoms with Crippen molar-refractivity contribution in [3.05, 3.63) is 109 Å². The van der Waals surface area contributed by atoms with Crippen LogP contribution in [0, 0.1) is 36.4 Å². The number of aliphatic hydroxyl groups excluding tert-OH is 2. The third kappa shape index (κ3) is 10.7. The first-order chi connectivity index (χ1) is 38.5. The lowest BCUT2D eigenvalue weighted by Crippen LogP contribution is -2.52. The molecule has 3 fully saturated rings. The van der Waals surface area contributed by atoms with Crippen molar-refractivity contribution in [2.75, 3.05) is 64.5 Å². The fourth-order valence-corrected chi connectivity index (χ4v) is 12.4. The highest BCUT2D eigenvalue weighted by molar-refractivity contribution is 14.1. The van der Waals surface area contributed by atoms with Crippen LogP contribution in [0.5, 0.6) is 11.5 Å². The standard InChI is InChI=1S/C58H67FIN5O16/c1-27-10-9-11-28(2)55(73)61-42-45(63-19-22-78-23-20-63)51(71)39-40(50(42)70)48(68)32(6)53-41(39)54(72)58(7,81-53)79-21-14-38(77-8)29(3)52(31(5)47(67)30(4)46(27)66)80-57(76)64-17-15-62(16-18-64)44-35(25-60)43-34(24-37(44)59)49(69)36(56(74)75)26-65(43)33-12-13-33/h9-11,14,21,24,26-27,29-31,33,38,46-47,52,66-68H,12-13,15-20,22-23,25H2,1-8H3,(H,61,73)(H,74,75)/b10-9+,21-14+,28-11-/t27-,29+,30+,31+,38-,46-,47+,52+,58-/m0/s1. The molecule has 0 radical (unpaired) electrons. The lowest BCUT2D eigenvalue weighted by molar-refractivity contribution is -0.116. The van der Waals surface area contributed by atoms with Crippen LogP contribution in [0.1, 0.15) is 113 Å². The smallest absolute Gasteiger partial charge is 0.410 e. The van der Waals surface area contributed by atoms with E-state index in [0.29, 0.717) is 15.5 Å². The number of methoxy groups -OCH3 is 1. The first-order valence-electron chi connectivity index (χ1n) is 27.1. The Morgan fingerprint density at radius 2 is 1.57 bits per heavy atom. The first-order valence-corrected chi connectivity index (χ1v) is 28.6. The number of ether oxygens (including phenoxy) is 5. The summed E-state index contributed by atoms with van der Waals surface area (Å²) in [5.74, 6) is -11.6. The Balaban J connectivity index is 1.03. The van der Waals surface area contributed by atoms with Gasteiger partial charge < -0.3 is 68.7 Å². The number of benzene rings is 2. The minimum Gasteiger partial charge on any atom is -0.507 e. The lowest BCUT2D eigenvalue weighted by Gasteiger charge is -2.40. The molecule has 2 saturated heterocycles. The number of carbonyl (C=O) groups is 6. The normalized spacial score (nSPS) is 29.2. The Kier molecular flexibility index (Phi) is 17.0. The molecular formula is C58H67FIN5O16. The number of halogens is 2. The average molecular weight is 1240 g/mol. The van der Waals surface area contributed by atoms with Crippen molar-refractivity contribution in [1.29, 1.82) is 0 Å². The fraction of sp³-hybridized carbons (Fsp3) is 0.500. The Labute approximate surface area is 480 Å². The molecular weight excluding hydrogens is 1170 g/mol. The van der Waals surface area contributed by atoms with Gasteiger partial charge >= 0.3 is 17.8 Å². The van der Waals surface area contributed by atoms with E-state index in [0.717, 1.165) is 25.2 Å². The zero-order chi connectivity index (χ0) is 58.7. The highest BCUT2D eigenvalue weighted by Gasteiger charge is 2.53. The molecule has 23 heteroatoms. The molecule has 5 aliphatic heterocycles. The second-order valence-corrected chi connectivity index (χ2v) is 22.7. The van der Waals surface area contributed by atoms with E-state index in [2.05, 4.69) is 27.9 Å². The van der Waals surface area contributed by atoms with Gasteiger partial charge in [0.05, 0.1) is 65.7 Å². The molecule has 2 aliphatic carbocycles. The summed E-state index contributed by atoms with van der Waals surface area (Å²) in [6.07, 6.45) is 4.75. The van der Waals surface area contributed by atoms with Gasteiger partial charge in [-0.1, -0.05) is 68.5 Å². The summed E-state index contributed by atoms with van der Waals surface area (Å²) < 4.78 is 48.5. The zero-order valence-electron chi connectivity index (χ0n) is 46.2. The van der Waals surface area contributed by atoms with Crippen molar-refractivity contribution in [2.45, 2.75) is 102 Å². The molecule has 0 spiro atoms. The predicted octanol–water partition coefficient (Wildman–Crippen LogP) is 6.11. The number of morpholine rings is 1. The summed E-state index contributed by atoms with van der Waals surface area (Å²) in [6, 6.07) is 1.06. The summed E-state index contributed by atoms with van der Waals surface area (Å²) in [5.41, 5.74) is -1.72. The van der Waals surface area contributed by atoms with E-state index in [1.807, 2.05) is 0 Å². The number of carbonyl (C=O) groups excluding carboxylic acids is 5. The number of carboxylic acid groups (broad SMARTS) is 1. The number of anilines is 1. The first kappa shape index (κ1) is 59.0. The Bertz CT molecular complexity index is 3300. The molecule has 2 amide bonds. The number of fused-ring (bicyclic) bond motifs is 15. The van der Waals surface area contributed by atoms with Crippen LogP contribution >= 0.6 is 22.6 Å². The van der Waals surface area contributed by atoms with Gasteiger partial charge in [0.15, 0.2) is 0 Å². The van der Waals surface area contributed by atoms with Crippen molar-refractivity contribution in [3.8, 4) is 11.5 Å². The largest absolute Gasteiger partial charge is 0.507 e. The Morgan fingerprint density at radius 3 is 2.20 bits per heavy atom. The molecule has 7 aliphatic rings. The van der Waals surface area contributed by atoms with Crippen LogP contribution in [-0.2, 0) is 28.2 Å². The van der Waals surface area contributed by atoms with Crippen molar-refractivity contribution in [2.24, 2.45) is 23.7 Å². The summed E-state index contributed by atoms with van der Waals surface area (Å²) >= 11 is 2.10. The third-order valence-corrected chi connectivity index (χ3v) is 17.5. The number of piperazine rings is 1. The SMILES string of the molecule is CO[C@H]1/C=C/O[C@@]2(C)Oc3c(C)c(O)c4c(c3C2=O)C(=O)C(N2CCOCC2)=C(NC(=O)/C(C)=C\C=C\[C@H](C)[C@H](O)[C@@H](C)[C@@H](O)[C@@H](C)[C@H](OC(=O)N2CCN(c3c(F)cc5c(=O)c(C(=O)O)cn(C6CC6)c5c3CI)CC2)[C@@H]1C)C4=O. The summed E-state index contributed by atoms with van der Waals surface area (Å²) in [5, 5.41) is 48.0. The molecule has 21 nitrogen and oxygen atoms in total. The molecule has 9 atom stereocenters. The maximum absolute atomic E-state index is 16.4. The maximum atomic E-state index is 16.4. The highest BCUT2D eigenvalue weighted by Crippen LogP contribution is 2.49. The number of aromatic carboxylic acids is 1. The quantitative estimate of drug-likeness (QED) is 0.132. The number of Topliss-reactive ketones (excluding diaryl/α,β-unsaturated/α-hetero) is 3. The summed E-state index contributed by atoms with van der Waals surface area (Å²) in [4.78, 5) is 103. The number of ketones is 3. The zero-order valence-corrected chi connectivity index (χ0v) is 48.4. The number of aromatic nitrogens is 1. The molecule has 81 heavy (non-hydrogen) atoms. The van der Waals surface area contributed by atoms with Crippen LogP contribution in [0.15, 0.2) is 64.6 Å². The molecule has 434 valence electrons. The lowest BCUT2D eigenvalue weighted by atomic mass is 9.78. The molecule has 6 heterocycles. The predicted molar refractivity (Wildman–Crippen MR) is 300 cm³/mol. The number of phenolic OH excluding ortho intramolecular Hbond substituents is 1. The Morgan fingerprint density at radius 1 is 0.889 bits per heavy atom. The monoisotopic (exact) mass is 1240 g/mol. The van der Waals surface area contributed by atoms with Crippen molar-refractivity contribution in [1.82, 2.24) is 19.7 Å². The van der Waals surface area contributed by atoms with E-state index < -0.39 is 129 Å². The van der Waals surface area contributed by atoms with E-state index in [1.165, 1.54) is 57.2 Å². The second-order valence-electron chi connectivity index (χ2n) is 21.9. The molecule has 5 N–H and O–H groups in total. The van der Waals surface area contributed by atoms with Gasteiger partial charge in [-0.15, -0.1) is 0 Å². The van der Waals surface area contributed by atoms with Crippen molar-refractivity contribution in [3.63, 3.8) is 0 Å². The van der Waals surface area contributed by atoms with Crippen LogP contribution in [0.25, 0.3) is 10.9 Å². The minimum absolute atomic E-state index is 0.0180. The van der Waals surface area contributed by atoms with Crippen LogP contribution in [0.2, 0.25) is 0 Å². The molecule has 1 saturated carbocycles. The van der Waals surface area contributed by atoms with Crippen molar-refractivity contribution >= 4 is 74.5 Å². The van der Waals surface area contributed by atoms with Gasteiger partial charge in [0.2, 0.25) is 17.0 Å². The van der Waals surface area contributed by atoms with Crippen LogP contribution < -0.4 is 20.4 Å². The molecule has 3 aromatic rings. The number of rotatable bonds is 7. The van der Waals surface area contributed by atoms with E-state index in [9.17, 15) is 54.0 Å². The molecule has 10 rings (SSSR count). The number of alkyl halides is 1. The van der Waals surface area contributed by atoms with Crippen molar-refractivity contribution < 1.29 is 77.3 Å². The maximum Gasteiger partial charge on any atom is 0.410 e. The van der Waals surface area contributed by atoms with E-state index in [4.69, 9.17) is 23.7 Å². The molecule has 0 unspecified atom stereocenters. The van der Waals surface area contributed by atoms with Crippen LogP contribution in [0.3, 0.4) is 0 Å². The third-order valence-electron chi connectivity index (χ3n) is 16.7. The number of allylic oxidation sites excluding steroid dienone is 4. The Hall–Kier alpha value is -6.67. The van der Waals surface area contributed by atoms with E-state index in [1.54, 1.807) is 48.1 Å². The van der Waals surface area contributed by atoms with Gasteiger partial charge in [-0.05, 0) is 38.8 Å². The summed E-state index contributed by atoms with van der Waals surface area (Å²) in [7, 11) is 1.40. The number of hydrogen-bond acceptors (Lipinski definition) is 17. The van der Waals surface area contributed by atoms with Crippen LogP contribution in [-0.4, -0.2) is 160 Å². The second kappa shape index (κ2) is 23.3. The number of amides is 2. The number of nitrogens with zero attached hydrogens (tertiary/aromatic N) is 4. The minimum atomic E-state index is -2.18. The highest BCUT2D eigenvalue weighted by atomic mass is 127. The molecule has 2 aromatic carbocycles. The number of nitrogens with one attached hydrogen (secondary N) is 1. The van der Waals surface area contributed by atoms with E-state index >= 15 is 4.39 Å². The fourth-order valence-electron chi connectivity index (χ4n) is 11.7. The number of hydrogen-bond donors (Lipinski definition) is 5. The van der Waals surface area contributed by atoms with Gasteiger partial charge in [0.25, 0.3) is 11.7 Å². The number of pyridine rings is 1. The van der Waals surface area contributed by atoms with Crippen LogP contribution in [0.4, 0.5) is 14.9 Å². The number of phenols is 1. The number of aliphatic hydroxyl groups is 2.